The molecule has 1 aromatic carbocycles. The van der Waals surface area contributed by atoms with Crippen molar-refractivity contribution in [2.24, 2.45) is 5.73 Å². The van der Waals surface area contributed by atoms with Crippen molar-refractivity contribution in [2.75, 3.05) is 16.5 Å². The number of nitrogens with zero attached hydrogens (tertiary/aromatic N) is 3. The Kier molecular flexibility index (Phi) is 3.85. The summed E-state index contributed by atoms with van der Waals surface area (Å²) in [7, 11) is 0. The second-order valence-corrected chi connectivity index (χ2v) is 5.64. The molecule has 2 aromatic rings. The Bertz CT molecular complexity index is 663. The third kappa shape index (κ3) is 2.46. The van der Waals surface area contributed by atoms with Gasteiger partial charge in [-0.3, -0.25) is 14.8 Å². The number of fused-ring (bicyclic) bond motifs is 1. The summed E-state index contributed by atoms with van der Waals surface area (Å²) in [6.45, 7) is 4.47. The van der Waals surface area contributed by atoms with Crippen molar-refractivity contribution in [1.29, 1.82) is 0 Å². The van der Waals surface area contributed by atoms with Gasteiger partial charge in [0, 0.05) is 12.1 Å². The molecular formula is C16H21N5O. The lowest BCUT2D eigenvalue weighted by Gasteiger charge is -2.40. The van der Waals surface area contributed by atoms with Gasteiger partial charge in [0.2, 0.25) is 5.91 Å². The average Bonchev–Trinajstić information content (AvgIpc) is 2.99. The lowest BCUT2D eigenvalue weighted by molar-refractivity contribution is -0.118. The van der Waals surface area contributed by atoms with E-state index in [2.05, 4.69) is 10.2 Å². The number of hydrogen-bond donors (Lipinski definition) is 2. The van der Waals surface area contributed by atoms with E-state index in [9.17, 15) is 4.79 Å². The molecule has 1 unspecified atom stereocenters. The van der Waals surface area contributed by atoms with Gasteiger partial charge in [0.1, 0.15) is 18.7 Å². The first-order valence-electron chi connectivity index (χ1n) is 7.54. The first-order chi connectivity index (χ1) is 10.6. The van der Waals surface area contributed by atoms with Gasteiger partial charge in [-0.1, -0.05) is 24.6 Å². The van der Waals surface area contributed by atoms with Crippen molar-refractivity contribution in [2.45, 2.75) is 32.9 Å². The van der Waals surface area contributed by atoms with Gasteiger partial charge in [0.05, 0.1) is 11.8 Å². The highest BCUT2D eigenvalue weighted by Gasteiger charge is 2.33. The van der Waals surface area contributed by atoms with Crippen LogP contribution in [0, 0.1) is 6.92 Å². The summed E-state index contributed by atoms with van der Waals surface area (Å²) in [6.07, 6.45) is 2.71. The molecule has 22 heavy (non-hydrogen) atoms. The second kappa shape index (κ2) is 5.81. The van der Waals surface area contributed by atoms with E-state index in [0.29, 0.717) is 18.9 Å². The van der Waals surface area contributed by atoms with E-state index in [-0.39, 0.29) is 12.1 Å². The minimum Gasteiger partial charge on any atom is -0.334 e. The predicted octanol–water partition coefficient (Wildman–Crippen LogP) is 2.29. The van der Waals surface area contributed by atoms with Crippen LogP contribution in [-0.4, -0.2) is 22.8 Å². The molecular weight excluding hydrogens is 278 g/mol. The standard InChI is InChI=1S/C16H21N5O/c1-3-4-14(22)21-10-20(12-7-5-11(2)6-8-12)15(17)13-9-18-19-16(13)21/h5-9,15H,3-4,10,17H2,1-2H3,(H,18,19). The molecule has 2 heterocycles. The third-order valence-electron chi connectivity index (χ3n) is 4.00. The van der Waals surface area contributed by atoms with Crippen LogP contribution in [0.3, 0.4) is 0 Å². The number of aromatic nitrogens is 2. The molecule has 116 valence electrons. The largest absolute Gasteiger partial charge is 0.334 e. The predicted molar refractivity (Wildman–Crippen MR) is 86.4 cm³/mol. The Hall–Kier alpha value is -2.34. The summed E-state index contributed by atoms with van der Waals surface area (Å²) in [5, 5.41) is 6.97. The van der Waals surface area contributed by atoms with Crippen LogP contribution in [0.2, 0.25) is 0 Å². The molecule has 0 aliphatic carbocycles. The van der Waals surface area contributed by atoms with Crippen LogP contribution in [0.1, 0.15) is 37.1 Å². The van der Waals surface area contributed by atoms with Crippen molar-refractivity contribution in [3.63, 3.8) is 0 Å². The van der Waals surface area contributed by atoms with Crippen LogP contribution in [0.5, 0.6) is 0 Å². The van der Waals surface area contributed by atoms with Crippen molar-refractivity contribution in [3.8, 4) is 0 Å². The Balaban J connectivity index is 1.97. The monoisotopic (exact) mass is 299 g/mol. The Morgan fingerprint density at radius 2 is 2.14 bits per heavy atom. The van der Waals surface area contributed by atoms with Gasteiger partial charge < -0.3 is 10.6 Å². The quantitative estimate of drug-likeness (QED) is 0.911. The first-order valence-corrected chi connectivity index (χ1v) is 7.54. The maximum atomic E-state index is 12.4. The Labute approximate surface area is 129 Å². The highest BCUT2D eigenvalue weighted by Crippen LogP contribution is 2.34. The van der Waals surface area contributed by atoms with E-state index in [1.165, 1.54) is 5.56 Å². The fourth-order valence-electron chi connectivity index (χ4n) is 2.73. The van der Waals surface area contributed by atoms with E-state index >= 15 is 0 Å². The van der Waals surface area contributed by atoms with Crippen molar-refractivity contribution >= 4 is 17.4 Å². The van der Waals surface area contributed by atoms with Crippen LogP contribution in [0.25, 0.3) is 0 Å². The maximum Gasteiger partial charge on any atom is 0.229 e. The number of nitrogens with one attached hydrogen (secondary N) is 1. The number of carbonyl (C=O) groups excluding carboxylic acids is 1. The molecule has 0 bridgehead atoms. The number of carbonyl (C=O) groups is 1. The maximum absolute atomic E-state index is 12.4. The summed E-state index contributed by atoms with van der Waals surface area (Å²) < 4.78 is 0. The van der Waals surface area contributed by atoms with Gasteiger partial charge in [-0.05, 0) is 25.5 Å². The molecule has 0 fully saturated rings. The van der Waals surface area contributed by atoms with Crippen LogP contribution in [-0.2, 0) is 4.79 Å². The van der Waals surface area contributed by atoms with Crippen LogP contribution in [0.15, 0.2) is 30.5 Å². The number of rotatable bonds is 3. The van der Waals surface area contributed by atoms with Gasteiger partial charge in [-0.25, -0.2) is 0 Å². The zero-order valence-corrected chi connectivity index (χ0v) is 12.9. The van der Waals surface area contributed by atoms with E-state index in [1.807, 2.05) is 43.0 Å². The van der Waals surface area contributed by atoms with Crippen LogP contribution >= 0.6 is 0 Å². The van der Waals surface area contributed by atoms with Crippen LogP contribution < -0.4 is 15.5 Å². The number of nitrogens with two attached hydrogens (primary N) is 1. The normalized spacial score (nSPS) is 17.5. The number of aryl methyl sites for hydroxylation is 1. The molecule has 3 rings (SSSR count). The molecule has 6 heteroatoms. The summed E-state index contributed by atoms with van der Waals surface area (Å²) in [5.41, 5.74) is 9.40. The molecule has 6 nitrogen and oxygen atoms in total. The van der Waals surface area contributed by atoms with E-state index < -0.39 is 0 Å². The number of benzene rings is 1. The minimum atomic E-state index is -0.317. The zero-order chi connectivity index (χ0) is 15.7. The molecule has 0 radical (unpaired) electrons. The molecule has 3 N–H and O–H groups in total. The lowest BCUT2D eigenvalue weighted by atomic mass is 10.1. The highest BCUT2D eigenvalue weighted by atomic mass is 16.2. The number of aromatic amines is 1. The molecule has 0 spiro atoms. The fourth-order valence-corrected chi connectivity index (χ4v) is 2.73. The van der Waals surface area contributed by atoms with Crippen molar-refractivity contribution in [1.82, 2.24) is 10.2 Å². The average molecular weight is 299 g/mol. The molecule has 0 saturated heterocycles. The summed E-state index contributed by atoms with van der Waals surface area (Å²) in [6, 6.07) is 8.15. The van der Waals surface area contributed by atoms with Gasteiger partial charge in [0.25, 0.3) is 0 Å². The molecule has 1 atom stereocenters. The Morgan fingerprint density at radius 1 is 1.41 bits per heavy atom. The minimum absolute atomic E-state index is 0.0806. The van der Waals surface area contributed by atoms with Gasteiger partial charge >= 0.3 is 0 Å². The lowest BCUT2D eigenvalue weighted by Crippen LogP contribution is -2.50. The number of hydrogen-bond acceptors (Lipinski definition) is 4. The number of H-pyrrole nitrogens is 1. The zero-order valence-electron chi connectivity index (χ0n) is 12.9. The molecule has 1 aromatic heterocycles. The summed E-state index contributed by atoms with van der Waals surface area (Å²) >= 11 is 0. The fraction of sp³-hybridized carbons (Fsp3) is 0.375. The Morgan fingerprint density at radius 3 is 2.82 bits per heavy atom. The smallest absolute Gasteiger partial charge is 0.229 e. The second-order valence-electron chi connectivity index (χ2n) is 5.64. The number of amides is 1. The van der Waals surface area contributed by atoms with E-state index in [0.717, 1.165) is 17.7 Å². The van der Waals surface area contributed by atoms with Crippen LogP contribution in [0.4, 0.5) is 11.5 Å². The first kappa shape index (κ1) is 14.6. The van der Waals surface area contributed by atoms with Gasteiger partial charge in [-0.15, -0.1) is 0 Å². The van der Waals surface area contributed by atoms with E-state index in [1.54, 1.807) is 11.1 Å². The summed E-state index contributed by atoms with van der Waals surface area (Å²) in [5.74, 6) is 0.798. The SMILES string of the molecule is CCCC(=O)N1CN(c2ccc(C)cc2)C(N)c2cn[nH]c21. The highest BCUT2D eigenvalue weighted by molar-refractivity contribution is 5.94. The van der Waals surface area contributed by atoms with Gasteiger partial charge in [-0.2, -0.15) is 5.10 Å². The summed E-state index contributed by atoms with van der Waals surface area (Å²) in [4.78, 5) is 16.2. The number of anilines is 2. The van der Waals surface area contributed by atoms with E-state index in [4.69, 9.17) is 5.73 Å². The molecule has 1 aliphatic rings. The molecule has 1 amide bonds. The van der Waals surface area contributed by atoms with Gasteiger partial charge in [0.15, 0.2) is 0 Å². The third-order valence-corrected chi connectivity index (χ3v) is 4.00. The molecule has 0 saturated carbocycles. The topological polar surface area (TPSA) is 78.2 Å². The van der Waals surface area contributed by atoms with Crippen molar-refractivity contribution < 1.29 is 4.79 Å². The van der Waals surface area contributed by atoms with Crippen molar-refractivity contribution in [3.05, 3.63) is 41.6 Å². The molecule has 1 aliphatic heterocycles.